The Labute approximate surface area is 99.9 Å². The Bertz CT molecular complexity index is 471. The fourth-order valence-electron chi connectivity index (χ4n) is 1.64. The zero-order valence-corrected chi connectivity index (χ0v) is 9.74. The van der Waals surface area contributed by atoms with Crippen molar-refractivity contribution in [3.63, 3.8) is 0 Å². The number of benzene rings is 1. The summed E-state index contributed by atoms with van der Waals surface area (Å²) in [6, 6.07) is 11.8. The third-order valence-electron chi connectivity index (χ3n) is 2.41. The molecule has 0 aliphatic carbocycles. The zero-order valence-electron chi connectivity index (χ0n) is 8.98. The molecule has 0 aliphatic rings. The number of aromatic nitrogens is 1. The highest BCUT2D eigenvalue weighted by Gasteiger charge is 2.10. The van der Waals surface area contributed by atoms with Crippen LogP contribution in [0.4, 0.5) is 0 Å². The van der Waals surface area contributed by atoms with Gasteiger partial charge in [-0.05, 0) is 6.07 Å². The van der Waals surface area contributed by atoms with Gasteiger partial charge in [0.25, 0.3) is 0 Å². The number of rotatable bonds is 3. The van der Waals surface area contributed by atoms with E-state index < -0.39 is 0 Å². The van der Waals surface area contributed by atoms with Gasteiger partial charge in [-0.25, -0.2) is 0 Å². The summed E-state index contributed by atoms with van der Waals surface area (Å²) in [5.41, 5.74) is 2.87. The number of ether oxygens (including phenoxy) is 1. The SMILES string of the molecule is COc1ccnc(-c2ccccc2)c1CCl. The van der Waals surface area contributed by atoms with Crippen LogP contribution in [0, 0.1) is 0 Å². The summed E-state index contributed by atoms with van der Waals surface area (Å²) in [4.78, 5) is 4.36. The summed E-state index contributed by atoms with van der Waals surface area (Å²) in [6.45, 7) is 0. The first kappa shape index (κ1) is 11.0. The number of halogens is 1. The smallest absolute Gasteiger partial charge is 0.126 e. The lowest BCUT2D eigenvalue weighted by Crippen LogP contribution is -1.95. The van der Waals surface area contributed by atoms with Crippen LogP contribution in [0.1, 0.15) is 5.56 Å². The Balaban J connectivity index is 2.57. The van der Waals surface area contributed by atoms with E-state index in [9.17, 15) is 0 Å². The van der Waals surface area contributed by atoms with Crippen LogP contribution >= 0.6 is 11.6 Å². The second-order valence-corrected chi connectivity index (χ2v) is 3.61. The number of alkyl halides is 1. The molecule has 0 saturated carbocycles. The molecule has 0 bridgehead atoms. The van der Waals surface area contributed by atoms with E-state index in [1.165, 1.54) is 0 Å². The third kappa shape index (κ3) is 2.02. The molecule has 82 valence electrons. The molecule has 0 saturated heterocycles. The summed E-state index contributed by atoms with van der Waals surface area (Å²) >= 11 is 5.95. The zero-order chi connectivity index (χ0) is 11.4. The highest BCUT2D eigenvalue weighted by molar-refractivity contribution is 6.17. The molecule has 16 heavy (non-hydrogen) atoms. The highest BCUT2D eigenvalue weighted by atomic mass is 35.5. The van der Waals surface area contributed by atoms with Crippen molar-refractivity contribution >= 4 is 11.6 Å². The molecule has 2 aromatic rings. The van der Waals surface area contributed by atoms with Crippen molar-refractivity contribution in [2.24, 2.45) is 0 Å². The second-order valence-electron chi connectivity index (χ2n) is 3.34. The van der Waals surface area contributed by atoms with Gasteiger partial charge in [0, 0.05) is 17.3 Å². The minimum atomic E-state index is 0.390. The van der Waals surface area contributed by atoms with Gasteiger partial charge in [-0.2, -0.15) is 0 Å². The molecule has 0 aliphatic heterocycles. The molecule has 2 rings (SSSR count). The molecule has 0 radical (unpaired) electrons. The number of nitrogens with zero attached hydrogens (tertiary/aromatic N) is 1. The van der Waals surface area contributed by atoms with Crippen LogP contribution in [0.5, 0.6) is 5.75 Å². The Morgan fingerprint density at radius 2 is 1.94 bits per heavy atom. The molecule has 1 heterocycles. The predicted molar refractivity (Wildman–Crippen MR) is 65.8 cm³/mol. The van der Waals surface area contributed by atoms with Gasteiger partial charge < -0.3 is 4.74 Å². The van der Waals surface area contributed by atoms with E-state index in [1.807, 2.05) is 36.4 Å². The third-order valence-corrected chi connectivity index (χ3v) is 2.68. The van der Waals surface area contributed by atoms with Gasteiger partial charge in [-0.1, -0.05) is 30.3 Å². The lowest BCUT2D eigenvalue weighted by Gasteiger charge is -2.10. The second kappa shape index (κ2) is 4.99. The van der Waals surface area contributed by atoms with Crippen molar-refractivity contribution < 1.29 is 4.74 Å². The molecule has 1 aromatic carbocycles. The van der Waals surface area contributed by atoms with Crippen molar-refractivity contribution in [2.75, 3.05) is 7.11 Å². The fraction of sp³-hybridized carbons (Fsp3) is 0.154. The van der Waals surface area contributed by atoms with Gasteiger partial charge in [0.15, 0.2) is 0 Å². The summed E-state index contributed by atoms with van der Waals surface area (Å²) in [5.74, 6) is 1.17. The van der Waals surface area contributed by atoms with E-state index in [1.54, 1.807) is 13.3 Å². The monoisotopic (exact) mass is 233 g/mol. The largest absolute Gasteiger partial charge is 0.496 e. The van der Waals surface area contributed by atoms with Gasteiger partial charge in [0.05, 0.1) is 18.7 Å². The maximum atomic E-state index is 5.95. The first-order valence-electron chi connectivity index (χ1n) is 5.00. The van der Waals surface area contributed by atoms with Gasteiger partial charge in [-0.3, -0.25) is 4.98 Å². The molecular formula is C13H12ClNO. The summed E-state index contributed by atoms with van der Waals surface area (Å²) in [5, 5.41) is 0. The van der Waals surface area contributed by atoms with Crippen LogP contribution in [0.3, 0.4) is 0 Å². The van der Waals surface area contributed by atoms with Gasteiger partial charge >= 0.3 is 0 Å². The highest BCUT2D eigenvalue weighted by Crippen LogP contribution is 2.29. The average Bonchev–Trinajstić information content (AvgIpc) is 2.38. The van der Waals surface area contributed by atoms with E-state index in [2.05, 4.69) is 4.98 Å². The Morgan fingerprint density at radius 3 is 2.56 bits per heavy atom. The van der Waals surface area contributed by atoms with Crippen molar-refractivity contribution in [1.82, 2.24) is 4.98 Å². The molecule has 2 nitrogen and oxygen atoms in total. The van der Waals surface area contributed by atoms with E-state index >= 15 is 0 Å². The summed E-state index contributed by atoms with van der Waals surface area (Å²) in [7, 11) is 1.64. The number of hydrogen-bond acceptors (Lipinski definition) is 2. The quantitative estimate of drug-likeness (QED) is 0.757. The molecule has 0 unspecified atom stereocenters. The normalized spacial score (nSPS) is 10.1. The van der Waals surface area contributed by atoms with Crippen LogP contribution in [-0.2, 0) is 5.88 Å². The average molecular weight is 234 g/mol. The molecule has 0 amide bonds. The van der Waals surface area contributed by atoms with Gasteiger partial charge in [0.2, 0.25) is 0 Å². The van der Waals surface area contributed by atoms with Crippen molar-refractivity contribution in [1.29, 1.82) is 0 Å². The van der Waals surface area contributed by atoms with E-state index in [4.69, 9.17) is 16.3 Å². The van der Waals surface area contributed by atoms with Crippen LogP contribution < -0.4 is 4.74 Å². The molecule has 0 atom stereocenters. The van der Waals surface area contributed by atoms with E-state index in [-0.39, 0.29) is 0 Å². The van der Waals surface area contributed by atoms with Crippen molar-refractivity contribution in [3.05, 3.63) is 48.2 Å². The van der Waals surface area contributed by atoms with Crippen LogP contribution in [0.15, 0.2) is 42.6 Å². The molecule has 1 aromatic heterocycles. The molecule has 3 heteroatoms. The van der Waals surface area contributed by atoms with Crippen molar-refractivity contribution in [2.45, 2.75) is 5.88 Å². The molecule has 0 spiro atoms. The summed E-state index contributed by atoms with van der Waals surface area (Å²) < 4.78 is 5.27. The van der Waals surface area contributed by atoms with E-state index in [0.717, 1.165) is 22.6 Å². The van der Waals surface area contributed by atoms with Crippen LogP contribution in [-0.4, -0.2) is 12.1 Å². The van der Waals surface area contributed by atoms with Crippen molar-refractivity contribution in [3.8, 4) is 17.0 Å². The standard InChI is InChI=1S/C13H12ClNO/c1-16-12-7-8-15-13(11(12)9-14)10-5-3-2-4-6-10/h2-8H,9H2,1H3. The number of hydrogen-bond donors (Lipinski definition) is 0. The first-order chi connectivity index (χ1) is 7.86. The fourth-order valence-corrected chi connectivity index (χ4v) is 1.90. The number of methoxy groups -OCH3 is 1. The van der Waals surface area contributed by atoms with Crippen LogP contribution in [0.2, 0.25) is 0 Å². The number of pyridine rings is 1. The minimum absolute atomic E-state index is 0.390. The lowest BCUT2D eigenvalue weighted by atomic mass is 10.1. The maximum Gasteiger partial charge on any atom is 0.126 e. The Kier molecular flexibility index (Phi) is 3.42. The maximum absolute atomic E-state index is 5.95. The molecule has 0 N–H and O–H groups in total. The minimum Gasteiger partial charge on any atom is -0.496 e. The van der Waals surface area contributed by atoms with E-state index in [0.29, 0.717) is 5.88 Å². The first-order valence-corrected chi connectivity index (χ1v) is 5.53. The van der Waals surface area contributed by atoms with Crippen LogP contribution in [0.25, 0.3) is 11.3 Å². The Hall–Kier alpha value is -1.54. The van der Waals surface area contributed by atoms with Gasteiger partial charge in [-0.15, -0.1) is 11.6 Å². The van der Waals surface area contributed by atoms with Gasteiger partial charge in [0.1, 0.15) is 5.75 Å². The topological polar surface area (TPSA) is 22.1 Å². The molecular weight excluding hydrogens is 222 g/mol. The Morgan fingerprint density at radius 1 is 1.19 bits per heavy atom. The lowest BCUT2D eigenvalue weighted by molar-refractivity contribution is 0.411. The summed E-state index contributed by atoms with van der Waals surface area (Å²) in [6.07, 6.45) is 1.73. The molecule has 0 fully saturated rings. The predicted octanol–water partition coefficient (Wildman–Crippen LogP) is 3.50.